The van der Waals surface area contributed by atoms with Gasteiger partial charge in [0.1, 0.15) is 23.2 Å². The van der Waals surface area contributed by atoms with Gasteiger partial charge in [-0.2, -0.15) is 0 Å². The van der Waals surface area contributed by atoms with E-state index in [4.69, 9.17) is 4.74 Å². The maximum absolute atomic E-state index is 13.8. The highest BCUT2D eigenvalue weighted by atomic mass is 32.2. The molecule has 12 heteroatoms. The van der Waals surface area contributed by atoms with Crippen molar-refractivity contribution < 1.29 is 32.3 Å². The average Bonchev–Trinajstić information content (AvgIpc) is 3.71. The van der Waals surface area contributed by atoms with Crippen LogP contribution < -0.4 is 15.4 Å². The minimum atomic E-state index is -3.89. The van der Waals surface area contributed by atoms with Crippen LogP contribution in [0.25, 0.3) is 0 Å². The van der Waals surface area contributed by atoms with Gasteiger partial charge < -0.3 is 20.3 Å². The molecule has 0 bridgehead atoms. The standard InChI is InChI=1S/C28H44N4O7S/c1-18-15-21-22(33)30-28(24(35)31-40(37,38)27(5)13-14-27)16-19(28)11-9-7-6-8-10-12-20(23(34)32(21)17-18)29-25(36)39-26(2,3)4/h9,11,18-21H,6-8,10,12-17H2,1-5H3,(H,29,36)(H,30,33)(H,31,35). The Morgan fingerprint density at radius 3 is 2.50 bits per heavy atom. The molecule has 4 aliphatic rings. The van der Waals surface area contributed by atoms with Crippen molar-refractivity contribution in [3.63, 3.8) is 0 Å². The van der Waals surface area contributed by atoms with Crippen LogP contribution in [0.5, 0.6) is 0 Å². The number of hydrogen-bond donors (Lipinski definition) is 3. The SMILES string of the molecule is CC1CC2C(=O)NC3(C(=O)NS(=O)(=O)C4(C)CC4)CC3C=CCCCCCC(NC(=O)OC(C)(C)C)C(=O)N2C1. The molecule has 0 aromatic heterocycles. The largest absolute Gasteiger partial charge is 0.444 e. The zero-order valence-electron chi connectivity index (χ0n) is 24.2. The van der Waals surface area contributed by atoms with Crippen molar-refractivity contribution in [2.45, 2.75) is 120 Å². The molecular formula is C28H44N4O7S. The van der Waals surface area contributed by atoms with Gasteiger partial charge in [0.2, 0.25) is 21.8 Å². The van der Waals surface area contributed by atoms with Gasteiger partial charge in [-0.05, 0) is 78.6 Å². The van der Waals surface area contributed by atoms with Crippen molar-refractivity contribution in [1.82, 2.24) is 20.3 Å². The predicted molar refractivity (Wildman–Crippen MR) is 148 cm³/mol. The fourth-order valence-electron chi connectivity index (χ4n) is 5.56. The zero-order valence-corrected chi connectivity index (χ0v) is 25.1. The predicted octanol–water partition coefficient (Wildman–Crippen LogP) is 2.51. The van der Waals surface area contributed by atoms with Gasteiger partial charge in [0.25, 0.3) is 5.91 Å². The monoisotopic (exact) mass is 580 g/mol. The van der Waals surface area contributed by atoms with E-state index in [0.717, 1.165) is 19.3 Å². The van der Waals surface area contributed by atoms with Crippen LogP contribution in [0, 0.1) is 11.8 Å². The summed E-state index contributed by atoms with van der Waals surface area (Å²) in [7, 11) is -3.89. The molecule has 2 aliphatic carbocycles. The molecule has 2 aliphatic heterocycles. The Hall–Kier alpha value is -2.63. The highest BCUT2D eigenvalue weighted by Gasteiger charge is 2.63. The number of fused-ring (bicyclic) bond motifs is 2. The van der Waals surface area contributed by atoms with E-state index in [-0.39, 0.29) is 24.2 Å². The molecule has 5 atom stereocenters. The van der Waals surface area contributed by atoms with E-state index in [1.807, 2.05) is 19.1 Å². The van der Waals surface area contributed by atoms with Crippen molar-refractivity contribution >= 4 is 33.8 Å². The van der Waals surface area contributed by atoms with Gasteiger partial charge in [0.15, 0.2) is 0 Å². The summed E-state index contributed by atoms with van der Waals surface area (Å²) < 4.78 is 32.3. The van der Waals surface area contributed by atoms with Crippen molar-refractivity contribution in [2.24, 2.45) is 11.8 Å². The second-order valence-corrected chi connectivity index (χ2v) is 15.5. The van der Waals surface area contributed by atoms with E-state index in [1.165, 1.54) is 4.90 Å². The second kappa shape index (κ2) is 11.0. The lowest BCUT2D eigenvalue weighted by atomic mass is 10.0. The summed E-state index contributed by atoms with van der Waals surface area (Å²) in [5, 5.41) is 5.58. The Labute approximate surface area is 237 Å². The normalized spacial score (nSPS) is 32.5. The Bertz CT molecular complexity index is 1170. The molecule has 3 fully saturated rings. The number of nitrogens with zero attached hydrogens (tertiary/aromatic N) is 1. The molecule has 0 aromatic rings. The Morgan fingerprint density at radius 1 is 1.15 bits per heavy atom. The molecule has 40 heavy (non-hydrogen) atoms. The van der Waals surface area contributed by atoms with E-state index >= 15 is 0 Å². The van der Waals surface area contributed by atoms with E-state index in [2.05, 4.69) is 15.4 Å². The van der Waals surface area contributed by atoms with Crippen LogP contribution in [0.3, 0.4) is 0 Å². The molecule has 224 valence electrons. The highest BCUT2D eigenvalue weighted by molar-refractivity contribution is 7.91. The van der Waals surface area contributed by atoms with E-state index in [9.17, 15) is 27.6 Å². The van der Waals surface area contributed by atoms with Crippen molar-refractivity contribution in [2.75, 3.05) is 6.54 Å². The van der Waals surface area contributed by atoms with Crippen molar-refractivity contribution in [3.05, 3.63) is 12.2 Å². The Balaban J connectivity index is 1.57. The molecule has 0 aromatic carbocycles. The number of hydrogen-bond acceptors (Lipinski definition) is 7. The zero-order chi connectivity index (χ0) is 29.5. The fraction of sp³-hybridized carbons (Fsp3) is 0.786. The molecule has 11 nitrogen and oxygen atoms in total. The number of ether oxygens (including phenoxy) is 1. The summed E-state index contributed by atoms with van der Waals surface area (Å²) in [4.78, 5) is 55.0. The molecule has 2 saturated carbocycles. The summed E-state index contributed by atoms with van der Waals surface area (Å²) >= 11 is 0. The first-order valence-corrected chi connectivity index (χ1v) is 15.9. The third kappa shape index (κ3) is 6.63. The number of nitrogens with one attached hydrogen (secondary N) is 3. The smallest absolute Gasteiger partial charge is 0.408 e. The number of alkyl carbamates (subject to hydrolysis) is 1. The lowest BCUT2D eigenvalue weighted by Gasteiger charge is -2.30. The maximum Gasteiger partial charge on any atom is 0.408 e. The van der Waals surface area contributed by atoms with Gasteiger partial charge >= 0.3 is 6.09 Å². The average molecular weight is 581 g/mol. The first-order valence-electron chi connectivity index (χ1n) is 14.4. The Kier molecular flexibility index (Phi) is 8.33. The number of carbonyl (C=O) groups excluding carboxylic acids is 4. The summed E-state index contributed by atoms with van der Waals surface area (Å²) in [5.74, 6) is -1.91. The van der Waals surface area contributed by atoms with E-state index < -0.39 is 55.9 Å². The van der Waals surface area contributed by atoms with Crippen LogP contribution in [0.4, 0.5) is 4.79 Å². The van der Waals surface area contributed by atoms with Gasteiger partial charge in [-0.15, -0.1) is 0 Å². The minimum absolute atomic E-state index is 0.0237. The third-order valence-corrected chi connectivity index (χ3v) is 10.6. The van der Waals surface area contributed by atoms with Gasteiger partial charge in [-0.1, -0.05) is 31.9 Å². The Morgan fingerprint density at radius 2 is 1.85 bits per heavy atom. The molecule has 4 amide bonds. The van der Waals surface area contributed by atoms with E-state index in [0.29, 0.717) is 38.6 Å². The lowest BCUT2D eigenvalue weighted by Crippen LogP contribution is -2.58. The van der Waals surface area contributed by atoms with Crippen LogP contribution in [0.15, 0.2) is 12.2 Å². The molecule has 0 radical (unpaired) electrons. The quantitative estimate of drug-likeness (QED) is 0.432. The molecule has 5 unspecified atom stereocenters. The summed E-state index contributed by atoms with van der Waals surface area (Å²) in [5.41, 5.74) is -2.12. The summed E-state index contributed by atoms with van der Waals surface area (Å²) in [6, 6.07) is -1.70. The molecule has 1 saturated heterocycles. The van der Waals surface area contributed by atoms with E-state index in [1.54, 1.807) is 27.7 Å². The van der Waals surface area contributed by atoms with Crippen molar-refractivity contribution in [3.8, 4) is 0 Å². The van der Waals surface area contributed by atoms with Crippen LogP contribution in [-0.4, -0.2) is 71.6 Å². The molecule has 4 rings (SSSR count). The first kappa shape index (κ1) is 30.3. The van der Waals surface area contributed by atoms with Gasteiger partial charge in [-0.25, -0.2) is 13.2 Å². The van der Waals surface area contributed by atoms with Gasteiger partial charge in [-0.3, -0.25) is 19.1 Å². The van der Waals surface area contributed by atoms with Gasteiger partial charge in [0, 0.05) is 12.5 Å². The number of sulfonamides is 1. The third-order valence-electron chi connectivity index (χ3n) is 8.41. The number of rotatable bonds is 4. The summed E-state index contributed by atoms with van der Waals surface area (Å²) in [6.07, 6.45) is 8.32. The number of amides is 4. The van der Waals surface area contributed by atoms with Crippen LogP contribution in [-0.2, 0) is 29.1 Å². The number of allylic oxidation sites excluding steroid dienone is 1. The molecule has 2 heterocycles. The lowest BCUT2D eigenvalue weighted by molar-refractivity contribution is -0.141. The molecular weight excluding hydrogens is 536 g/mol. The highest BCUT2D eigenvalue weighted by Crippen LogP contribution is 2.47. The topological polar surface area (TPSA) is 151 Å². The maximum atomic E-state index is 13.8. The van der Waals surface area contributed by atoms with Gasteiger partial charge in [0.05, 0.1) is 4.75 Å². The summed E-state index contributed by atoms with van der Waals surface area (Å²) in [6.45, 7) is 9.11. The van der Waals surface area contributed by atoms with Crippen LogP contribution in [0.2, 0.25) is 0 Å². The van der Waals surface area contributed by atoms with Crippen LogP contribution in [0.1, 0.15) is 92.4 Å². The second-order valence-electron chi connectivity index (χ2n) is 13.3. The number of carbonyl (C=O) groups is 4. The fourth-order valence-corrected chi connectivity index (χ4v) is 6.87. The first-order chi connectivity index (χ1) is 18.6. The minimum Gasteiger partial charge on any atom is -0.444 e. The molecule has 0 spiro atoms. The molecule has 3 N–H and O–H groups in total. The van der Waals surface area contributed by atoms with Crippen LogP contribution >= 0.6 is 0 Å². The van der Waals surface area contributed by atoms with Crippen molar-refractivity contribution in [1.29, 1.82) is 0 Å².